The fourth-order valence-corrected chi connectivity index (χ4v) is 0.752. The number of pyridine rings is 1. The van der Waals surface area contributed by atoms with Crippen molar-refractivity contribution in [1.29, 1.82) is 0 Å². The van der Waals surface area contributed by atoms with Crippen molar-refractivity contribution in [3.63, 3.8) is 0 Å². The van der Waals surface area contributed by atoms with Crippen molar-refractivity contribution in [1.82, 2.24) is 4.98 Å². The highest BCUT2D eigenvalue weighted by Gasteiger charge is 1.99. The maximum absolute atomic E-state index is 12.2. The molecule has 0 saturated heterocycles. The summed E-state index contributed by atoms with van der Waals surface area (Å²) in [4.78, 5) is 3.45. The van der Waals surface area contributed by atoms with Crippen LogP contribution in [0.15, 0.2) is 18.3 Å². The average Bonchev–Trinajstić information content (AvgIpc) is 1.88. The molecule has 0 aliphatic heterocycles. The van der Waals surface area contributed by atoms with Gasteiger partial charge in [-0.3, -0.25) is 0 Å². The molecule has 0 aliphatic carbocycles. The van der Waals surface area contributed by atoms with E-state index in [0.717, 1.165) is 5.56 Å². The first-order chi connectivity index (χ1) is 4.70. The van der Waals surface area contributed by atoms with Crippen LogP contribution in [0, 0.1) is 5.95 Å². The molecule has 10 heavy (non-hydrogen) atoms. The largest absolute Gasteiger partial charge is 0.228 e. The van der Waals surface area contributed by atoms with Crippen molar-refractivity contribution < 1.29 is 4.39 Å². The second-order valence-corrected chi connectivity index (χ2v) is 2.68. The Kier molecular flexibility index (Phi) is 2.22. The van der Waals surface area contributed by atoms with E-state index in [1.807, 2.05) is 6.92 Å². The Morgan fingerprint density at radius 2 is 2.30 bits per heavy atom. The van der Waals surface area contributed by atoms with E-state index in [0.29, 0.717) is 0 Å². The van der Waals surface area contributed by atoms with Gasteiger partial charge in [0, 0.05) is 6.20 Å². The maximum atomic E-state index is 12.2. The molecule has 1 atom stereocenters. The number of nitrogens with zero attached hydrogens (tertiary/aromatic N) is 1. The molecule has 1 heterocycles. The van der Waals surface area contributed by atoms with E-state index in [1.54, 1.807) is 6.07 Å². The molecule has 0 fully saturated rings. The summed E-state index contributed by atoms with van der Waals surface area (Å²) >= 11 is 5.69. The first kappa shape index (κ1) is 7.48. The van der Waals surface area contributed by atoms with Crippen LogP contribution >= 0.6 is 11.6 Å². The molecule has 0 N–H and O–H groups in total. The van der Waals surface area contributed by atoms with Crippen LogP contribution in [0.2, 0.25) is 0 Å². The first-order valence-corrected chi connectivity index (χ1v) is 3.39. The molecular weight excluding hydrogens is 153 g/mol. The van der Waals surface area contributed by atoms with Crippen molar-refractivity contribution in [2.24, 2.45) is 0 Å². The summed E-state index contributed by atoms with van der Waals surface area (Å²) < 4.78 is 12.2. The zero-order chi connectivity index (χ0) is 7.56. The highest BCUT2D eigenvalue weighted by Crippen LogP contribution is 2.17. The zero-order valence-corrected chi connectivity index (χ0v) is 6.27. The Morgan fingerprint density at radius 3 is 2.70 bits per heavy atom. The fraction of sp³-hybridized carbons (Fsp3) is 0.286. The van der Waals surface area contributed by atoms with E-state index in [4.69, 9.17) is 11.6 Å². The lowest BCUT2D eigenvalue weighted by Gasteiger charge is -1.99. The van der Waals surface area contributed by atoms with Crippen LogP contribution in [0.3, 0.4) is 0 Å². The van der Waals surface area contributed by atoms with Crippen molar-refractivity contribution in [3.8, 4) is 0 Å². The highest BCUT2D eigenvalue weighted by atomic mass is 35.5. The number of aromatic nitrogens is 1. The van der Waals surface area contributed by atoms with Crippen LogP contribution in [0.1, 0.15) is 17.9 Å². The molecule has 0 saturated carbocycles. The van der Waals surface area contributed by atoms with Gasteiger partial charge >= 0.3 is 0 Å². The summed E-state index contributed by atoms with van der Waals surface area (Å²) in [6.07, 6.45) is 1.44. The van der Waals surface area contributed by atoms with E-state index in [1.165, 1.54) is 12.3 Å². The predicted molar refractivity (Wildman–Crippen MR) is 38.5 cm³/mol. The highest BCUT2D eigenvalue weighted by molar-refractivity contribution is 6.20. The Balaban J connectivity index is 2.89. The molecule has 0 radical (unpaired) electrons. The Morgan fingerprint density at radius 1 is 1.60 bits per heavy atom. The van der Waals surface area contributed by atoms with Gasteiger partial charge in [0.05, 0.1) is 5.38 Å². The fourth-order valence-electron chi connectivity index (χ4n) is 0.623. The van der Waals surface area contributed by atoms with Crippen LogP contribution in [-0.2, 0) is 0 Å². The summed E-state index contributed by atoms with van der Waals surface area (Å²) in [6, 6.07) is 2.92. The summed E-state index contributed by atoms with van der Waals surface area (Å²) in [7, 11) is 0. The summed E-state index contributed by atoms with van der Waals surface area (Å²) in [6.45, 7) is 1.82. The van der Waals surface area contributed by atoms with E-state index in [2.05, 4.69) is 4.98 Å². The maximum Gasteiger partial charge on any atom is 0.212 e. The number of alkyl halides is 1. The monoisotopic (exact) mass is 159 g/mol. The zero-order valence-electron chi connectivity index (χ0n) is 5.51. The van der Waals surface area contributed by atoms with Crippen molar-refractivity contribution in [2.75, 3.05) is 0 Å². The molecule has 0 unspecified atom stereocenters. The topological polar surface area (TPSA) is 12.9 Å². The quantitative estimate of drug-likeness (QED) is 0.453. The Bertz CT molecular complexity index is 207. The van der Waals surface area contributed by atoms with Crippen LogP contribution < -0.4 is 0 Å². The SMILES string of the molecule is C[C@H](Cl)c1ccc(F)nc1. The van der Waals surface area contributed by atoms with Crippen LogP contribution in [0.25, 0.3) is 0 Å². The van der Waals surface area contributed by atoms with E-state index in [-0.39, 0.29) is 5.38 Å². The number of rotatable bonds is 1. The predicted octanol–water partition coefficient (Wildman–Crippen LogP) is 2.52. The van der Waals surface area contributed by atoms with Crippen LogP contribution in [-0.4, -0.2) is 4.98 Å². The van der Waals surface area contributed by atoms with Gasteiger partial charge in [0.2, 0.25) is 5.95 Å². The minimum atomic E-state index is -0.471. The smallest absolute Gasteiger partial charge is 0.212 e. The van der Waals surface area contributed by atoms with Crippen molar-refractivity contribution in [3.05, 3.63) is 29.8 Å². The molecule has 3 heteroatoms. The third-order valence-corrected chi connectivity index (χ3v) is 1.46. The lowest BCUT2D eigenvalue weighted by atomic mass is 10.2. The molecule has 0 amide bonds. The second kappa shape index (κ2) is 2.97. The third-order valence-electron chi connectivity index (χ3n) is 1.21. The molecule has 0 aliphatic rings. The second-order valence-electron chi connectivity index (χ2n) is 2.03. The van der Waals surface area contributed by atoms with Gasteiger partial charge in [0.15, 0.2) is 0 Å². The van der Waals surface area contributed by atoms with E-state index >= 15 is 0 Å². The summed E-state index contributed by atoms with van der Waals surface area (Å²) in [5.74, 6) is -0.471. The molecule has 1 aromatic rings. The van der Waals surface area contributed by atoms with Gasteiger partial charge in [-0.1, -0.05) is 6.07 Å². The normalized spacial score (nSPS) is 13.1. The number of hydrogen-bond acceptors (Lipinski definition) is 1. The van der Waals surface area contributed by atoms with Crippen LogP contribution in [0.4, 0.5) is 4.39 Å². The van der Waals surface area contributed by atoms with Gasteiger partial charge in [0.1, 0.15) is 0 Å². The molecule has 0 bridgehead atoms. The van der Waals surface area contributed by atoms with Gasteiger partial charge in [-0.15, -0.1) is 11.6 Å². The summed E-state index contributed by atoms with van der Waals surface area (Å²) in [5, 5.41) is -0.104. The molecule has 1 nitrogen and oxygen atoms in total. The van der Waals surface area contributed by atoms with E-state index < -0.39 is 5.95 Å². The van der Waals surface area contributed by atoms with Crippen LogP contribution in [0.5, 0.6) is 0 Å². The minimum Gasteiger partial charge on any atom is -0.228 e. The van der Waals surface area contributed by atoms with Crippen molar-refractivity contribution >= 4 is 11.6 Å². The molecule has 1 rings (SSSR count). The van der Waals surface area contributed by atoms with Crippen molar-refractivity contribution in [2.45, 2.75) is 12.3 Å². The average molecular weight is 160 g/mol. The molecular formula is C7H7ClFN. The first-order valence-electron chi connectivity index (χ1n) is 2.95. The standard InChI is InChI=1S/C7H7ClFN/c1-5(8)6-2-3-7(9)10-4-6/h2-5H,1H3/t5-/m0/s1. The van der Waals surface area contributed by atoms with Gasteiger partial charge < -0.3 is 0 Å². The van der Waals surface area contributed by atoms with E-state index in [9.17, 15) is 4.39 Å². The summed E-state index contributed by atoms with van der Waals surface area (Å²) in [5.41, 5.74) is 0.836. The third kappa shape index (κ3) is 1.67. The van der Waals surface area contributed by atoms with Gasteiger partial charge in [-0.05, 0) is 18.6 Å². The van der Waals surface area contributed by atoms with Gasteiger partial charge in [-0.2, -0.15) is 4.39 Å². The molecule has 54 valence electrons. The molecule has 0 spiro atoms. The minimum absolute atomic E-state index is 0.104. The van der Waals surface area contributed by atoms with Gasteiger partial charge in [0.25, 0.3) is 0 Å². The lowest BCUT2D eigenvalue weighted by Crippen LogP contribution is -1.87. The Hall–Kier alpha value is -0.630. The number of hydrogen-bond donors (Lipinski definition) is 0. The number of halogens is 2. The Labute approximate surface area is 63.8 Å². The molecule has 0 aromatic carbocycles. The lowest BCUT2D eigenvalue weighted by molar-refractivity contribution is 0.582. The van der Waals surface area contributed by atoms with Gasteiger partial charge in [-0.25, -0.2) is 4.98 Å². The molecule has 1 aromatic heterocycles.